The number of nitrogens with zero attached hydrogens (tertiary/aromatic N) is 1. The molecule has 3 nitrogen and oxygen atoms in total. The quantitative estimate of drug-likeness (QED) is 0.608. The molecule has 0 bridgehead atoms. The van der Waals surface area contributed by atoms with E-state index in [9.17, 15) is 0 Å². The van der Waals surface area contributed by atoms with Crippen LogP contribution in [0.15, 0.2) is 0 Å². The van der Waals surface area contributed by atoms with E-state index in [0.29, 0.717) is 12.2 Å². The van der Waals surface area contributed by atoms with Gasteiger partial charge in [0.15, 0.2) is 0 Å². The van der Waals surface area contributed by atoms with Crippen molar-refractivity contribution in [1.82, 2.24) is 10.2 Å². The molecule has 0 aliphatic carbocycles. The van der Waals surface area contributed by atoms with Crippen LogP contribution in [0.2, 0.25) is 0 Å². The Kier molecular flexibility index (Phi) is 3.30. The van der Waals surface area contributed by atoms with Crippen molar-refractivity contribution >= 4 is 0 Å². The van der Waals surface area contributed by atoms with Gasteiger partial charge in [-0.25, -0.2) is 0 Å². The van der Waals surface area contributed by atoms with Gasteiger partial charge in [0.2, 0.25) is 0 Å². The molecule has 1 rings (SSSR count). The van der Waals surface area contributed by atoms with Crippen LogP contribution in [-0.4, -0.2) is 50.8 Å². The first-order chi connectivity index (χ1) is 5.22. The lowest BCUT2D eigenvalue weighted by molar-refractivity contribution is -0.0671. The van der Waals surface area contributed by atoms with Gasteiger partial charge in [0.25, 0.3) is 0 Å². The van der Waals surface area contributed by atoms with Gasteiger partial charge in [0.05, 0.1) is 12.2 Å². The summed E-state index contributed by atoms with van der Waals surface area (Å²) in [5.74, 6) is 0. The maximum atomic E-state index is 5.69. The van der Waals surface area contributed by atoms with E-state index in [1.54, 1.807) is 0 Å². The Morgan fingerprint density at radius 2 is 2.27 bits per heavy atom. The molecule has 2 atom stereocenters. The lowest BCUT2D eigenvalue weighted by Crippen LogP contribution is -2.47. The molecule has 0 radical (unpaired) electrons. The van der Waals surface area contributed by atoms with Crippen LogP contribution in [0.1, 0.15) is 6.92 Å². The van der Waals surface area contributed by atoms with Gasteiger partial charge in [0.1, 0.15) is 0 Å². The van der Waals surface area contributed by atoms with E-state index in [-0.39, 0.29) is 0 Å². The van der Waals surface area contributed by atoms with E-state index < -0.39 is 0 Å². The molecule has 1 aliphatic heterocycles. The van der Waals surface area contributed by atoms with E-state index >= 15 is 0 Å². The Labute approximate surface area is 68.7 Å². The third-order valence-electron chi connectivity index (χ3n) is 1.94. The van der Waals surface area contributed by atoms with Crippen molar-refractivity contribution in [3.8, 4) is 0 Å². The number of hydrogen-bond acceptors (Lipinski definition) is 3. The molecule has 3 heteroatoms. The molecule has 0 saturated carbocycles. The van der Waals surface area contributed by atoms with Crippen molar-refractivity contribution in [1.29, 1.82) is 0 Å². The van der Waals surface area contributed by atoms with Crippen LogP contribution in [0.25, 0.3) is 0 Å². The highest BCUT2D eigenvalue weighted by atomic mass is 16.5. The SMILES string of the molecule is CNCC1CN(C)CC(C)O1. The minimum Gasteiger partial charge on any atom is -0.371 e. The number of morpholine rings is 1. The summed E-state index contributed by atoms with van der Waals surface area (Å²) in [4.78, 5) is 2.32. The molecule has 1 fully saturated rings. The Morgan fingerprint density at radius 1 is 1.55 bits per heavy atom. The summed E-state index contributed by atoms with van der Waals surface area (Å²) in [6, 6.07) is 0. The van der Waals surface area contributed by atoms with E-state index in [2.05, 4.69) is 24.2 Å². The van der Waals surface area contributed by atoms with E-state index in [4.69, 9.17) is 4.74 Å². The van der Waals surface area contributed by atoms with Crippen molar-refractivity contribution in [3.05, 3.63) is 0 Å². The molecule has 0 aromatic rings. The lowest BCUT2D eigenvalue weighted by Gasteiger charge is -2.34. The molecule has 1 aliphatic rings. The minimum absolute atomic E-state index is 0.369. The fraction of sp³-hybridized carbons (Fsp3) is 1.00. The van der Waals surface area contributed by atoms with Crippen LogP contribution < -0.4 is 5.32 Å². The summed E-state index contributed by atoms with van der Waals surface area (Å²) in [7, 11) is 4.10. The lowest BCUT2D eigenvalue weighted by atomic mass is 10.2. The Hall–Kier alpha value is -0.120. The highest BCUT2D eigenvalue weighted by Crippen LogP contribution is 2.07. The van der Waals surface area contributed by atoms with Crippen LogP contribution in [-0.2, 0) is 4.74 Å². The van der Waals surface area contributed by atoms with Crippen molar-refractivity contribution in [3.63, 3.8) is 0 Å². The zero-order valence-electron chi connectivity index (χ0n) is 7.63. The second-order valence-electron chi connectivity index (χ2n) is 3.35. The Balaban J connectivity index is 2.30. The van der Waals surface area contributed by atoms with Gasteiger partial charge in [-0.15, -0.1) is 0 Å². The van der Waals surface area contributed by atoms with Crippen molar-refractivity contribution in [2.24, 2.45) is 0 Å². The Morgan fingerprint density at radius 3 is 2.82 bits per heavy atom. The second kappa shape index (κ2) is 4.04. The average Bonchev–Trinajstić information content (AvgIpc) is 1.85. The highest BCUT2D eigenvalue weighted by molar-refractivity contribution is 4.74. The predicted octanol–water partition coefficient (Wildman–Crippen LogP) is -0.0751. The predicted molar refractivity (Wildman–Crippen MR) is 45.8 cm³/mol. The maximum Gasteiger partial charge on any atom is 0.0830 e. The van der Waals surface area contributed by atoms with Gasteiger partial charge in [-0.3, -0.25) is 0 Å². The molecule has 2 unspecified atom stereocenters. The number of hydrogen-bond donors (Lipinski definition) is 1. The molecule has 66 valence electrons. The molecular weight excluding hydrogens is 140 g/mol. The fourth-order valence-corrected chi connectivity index (χ4v) is 1.62. The van der Waals surface area contributed by atoms with Crippen LogP contribution in [0.3, 0.4) is 0 Å². The zero-order chi connectivity index (χ0) is 8.27. The topological polar surface area (TPSA) is 24.5 Å². The zero-order valence-corrected chi connectivity index (χ0v) is 7.63. The van der Waals surface area contributed by atoms with Crippen LogP contribution in [0.4, 0.5) is 0 Å². The first kappa shape index (κ1) is 8.97. The number of rotatable bonds is 2. The first-order valence-electron chi connectivity index (χ1n) is 4.21. The second-order valence-corrected chi connectivity index (χ2v) is 3.35. The summed E-state index contributed by atoms with van der Waals surface area (Å²) in [6.45, 7) is 5.18. The van der Waals surface area contributed by atoms with Crippen molar-refractivity contribution < 1.29 is 4.74 Å². The largest absolute Gasteiger partial charge is 0.371 e. The van der Waals surface area contributed by atoms with Crippen LogP contribution >= 0.6 is 0 Å². The highest BCUT2D eigenvalue weighted by Gasteiger charge is 2.21. The third kappa shape index (κ3) is 2.77. The van der Waals surface area contributed by atoms with Gasteiger partial charge in [-0.2, -0.15) is 0 Å². The molecule has 0 spiro atoms. The molecule has 11 heavy (non-hydrogen) atoms. The molecule has 0 aromatic carbocycles. The van der Waals surface area contributed by atoms with Gasteiger partial charge in [0, 0.05) is 19.6 Å². The maximum absolute atomic E-state index is 5.69. The Bertz CT molecular complexity index is 109. The van der Waals surface area contributed by atoms with E-state index in [1.807, 2.05) is 7.05 Å². The first-order valence-corrected chi connectivity index (χ1v) is 4.21. The summed E-state index contributed by atoms with van der Waals surface area (Å²) in [5.41, 5.74) is 0. The van der Waals surface area contributed by atoms with Gasteiger partial charge in [-0.1, -0.05) is 0 Å². The van der Waals surface area contributed by atoms with Gasteiger partial charge >= 0.3 is 0 Å². The molecular formula is C8H18N2O. The normalized spacial score (nSPS) is 34.1. The molecule has 0 aromatic heterocycles. The summed E-state index contributed by atoms with van der Waals surface area (Å²) in [5, 5.41) is 3.13. The summed E-state index contributed by atoms with van der Waals surface area (Å²) < 4.78 is 5.69. The van der Waals surface area contributed by atoms with E-state index in [0.717, 1.165) is 19.6 Å². The third-order valence-corrected chi connectivity index (χ3v) is 1.94. The number of ether oxygens (including phenoxy) is 1. The minimum atomic E-state index is 0.369. The summed E-state index contributed by atoms with van der Waals surface area (Å²) >= 11 is 0. The number of likely N-dealkylation sites (N-methyl/N-ethyl adjacent to an activating group) is 2. The van der Waals surface area contributed by atoms with Crippen LogP contribution in [0.5, 0.6) is 0 Å². The van der Waals surface area contributed by atoms with Gasteiger partial charge in [-0.05, 0) is 21.0 Å². The molecule has 1 N–H and O–H groups in total. The number of nitrogens with one attached hydrogen (secondary N) is 1. The standard InChI is InChI=1S/C8H18N2O/c1-7-5-10(3)6-8(11-7)4-9-2/h7-9H,4-6H2,1-3H3. The molecule has 1 saturated heterocycles. The average molecular weight is 158 g/mol. The van der Waals surface area contributed by atoms with Gasteiger partial charge < -0.3 is 15.0 Å². The smallest absolute Gasteiger partial charge is 0.0830 e. The van der Waals surface area contributed by atoms with E-state index in [1.165, 1.54) is 0 Å². The monoisotopic (exact) mass is 158 g/mol. The fourth-order valence-electron chi connectivity index (χ4n) is 1.62. The van der Waals surface area contributed by atoms with Crippen molar-refractivity contribution in [2.45, 2.75) is 19.1 Å². The van der Waals surface area contributed by atoms with Crippen molar-refractivity contribution in [2.75, 3.05) is 33.7 Å². The van der Waals surface area contributed by atoms with Crippen LogP contribution in [0, 0.1) is 0 Å². The summed E-state index contributed by atoms with van der Waals surface area (Å²) in [6.07, 6.45) is 0.751. The molecule has 0 amide bonds. The molecule has 1 heterocycles.